The number of ether oxygens (including phenoxy) is 2. The standard InChI is InChI=1S/C20H21N3O2/c1-12-6-5-7-15-17-10-13(2)22-23(17)20(21-19(12)15)16-11-14(24-3)8-9-18(16)25-4/h5-11,20-21H,1-4H3/t20-/m0/s1. The van der Waals surface area contributed by atoms with Crippen molar-refractivity contribution < 1.29 is 9.47 Å². The first-order valence-electron chi connectivity index (χ1n) is 8.27. The van der Waals surface area contributed by atoms with Crippen LogP contribution in [-0.2, 0) is 0 Å². The van der Waals surface area contributed by atoms with Crippen LogP contribution >= 0.6 is 0 Å². The first kappa shape index (κ1) is 15.6. The number of hydrogen-bond acceptors (Lipinski definition) is 4. The molecule has 2 aromatic carbocycles. The zero-order valence-corrected chi connectivity index (χ0v) is 14.8. The summed E-state index contributed by atoms with van der Waals surface area (Å²) < 4.78 is 13.0. The maximum atomic E-state index is 5.60. The van der Waals surface area contributed by atoms with Crippen molar-refractivity contribution in [2.45, 2.75) is 20.0 Å². The van der Waals surface area contributed by atoms with Gasteiger partial charge in [-0.1, -0.05) is 18.2 Å². The average molecular weight is 335 g/mol. The summed E-state index contributed by atoms with van der Waals surface area (Å²) in [5, 5.41) is 8.37. The first-order valence-corrected chi connectivity index (χ1v) is 8.27. The van der Waals surface area contributed by atoms with Crippen LogP contribution < -0.4 is 14.8 Å². The van der Waals surface area contributed by atoms with E-state index in [0.717, 1.165) is 34.1 Å². The number of aromatic nitrogens is 2. The number of rotatable bonds is 3. The number of para-hydroxylation sites is 1. The summed E-state index contributed by atoms with van der Waals surface area (Å²) in [6.07, 6.45) is -0.164. The Morgan fingerprint density at radius 1 is 1.04 bits per heavy atom. The van der Waals surface area contributed by atoms with Gasteiger partial charge in [0.2, 0.25) is 0 Å². The lowest BCUT2D eigenvalue weighted by Gasteiger charge is -2.31. The molecular weight excluding hydrogens is 314 g/mol. The van der Waals surface area contributed by atoms with Crippen LogP contribution in [0.25, 0.3) is 11.3 Å². The number of hydrogen-bond donors (Lipinski definition) is 1. The molecule has 1 N–H and O–H groups in total. The molecule has 1 aromatic heterocycles. The lowest BCUT2D eigenvalue weighted by molar-refractivity contribution is 0.391. The van der Waals surface area contributed by atoms with Crippen LogP contribution in [0, 0.1) is 13.8 Å². The maximum Gasteiger partial charge on any atom is 0.151 e. The molecule has 0 aliphatic carbocycles. The molecule has 5 nitrogen and oxygen atoms in total. The van der Waals surface area contributed by atoms with E-state index in [2.05, 4.69) is 36.5 Å². The van der Waals surface area contributed by atoms with Crippen LogP contribution in [0.5, 0.6) is 11.5 Å². The SMILES string of the molecule is COc1ccc(OC)c([C@H]2Nc3c(C)cccc3-c3cc(C)nn32)c1. The Morgan fingerprint density at radius 2 is 1.88 bits per heavy atom. The molecule has 0 saturated heterocycles. The number of benzene rings is 2. The zero-order chi connectivity index (χ0) is 17.6. The minimum atomic E-state index is -0.164. The van der Waals surface area contributed by atoms with Gasteiger partial charge >= 0.3 is 0 Å². The third-order valence-corrected chi connectivity index (χ3v) is 4.66. The van der Waals surface area contributed by atoms with Gasteiger partial charge in [-0.15, -0.1) is 0 Å². The molecule has 4 rings (SSSR count). The van der Waals surface area contributed by atoms with Gasteiger partial charge in [0.05, 0.1) is 25.6 Å². The van der Waals surface area contributed by atoms with Gasteiger partial charge in [-0.2, -0.15) is 5.10 Å². The lowest BCUT2D eigenvalue weighted by atomic mass is 10.00. The average Bonchev–Trinajstić information content (AvgIpc) is 3.02. The molecule has 1 atom stereocenters. The second kappa shape index (κ2) is 5.84. The smallest absolute Gasteiger partial charge is 0.151 e. The Balaban J connectivity index is 1.94. The van der Waals surface area contributed by atoms with Crippen molar-refractivity contribution in [2.75, 3.05) is 19.5 Å². The second-order valence-corrected chi connectivity index (χ2v) is 6.27. The second-order valence-electron chi connectivity index (χ2n) is 6.27. The van der Waals surface area contributed by atoms with E-state index in [1.807, 2.05) is 29.8 Å². The van der Waals surface area contributed by atoms with E-state index in [9.17, 15) is 0 Å². The molecule has 0 fully saturated rings. The highest BCUT2D eigenvalue weighted by Gasteiger charge is 2.29. The van der Waals surface area contributed by atoms with Gasteiger partial charge in [0, 0.05) is 16.8 Å². The highest BCUT2D eigenvalue weighted by atomic mass is 16.5. The van der Waals surface area contributed by atoms with Crippen molar-refractivity contribution in [1.29, 1.82) is 0 Å². The molecule has 1 aliphatic heterocycles. The monoisotopic (exact) mass is 335 g/mol. The van der Waals surface area contributed by atoms with E-state index < -0.39 is 0 Å². The molecule has 2 heterocycles. The van der Waals surface area contributed by atoms with Crippen molar-refractivity contribution in [2.24, 2.45) is 0 Å². The number of nitrogens with one attached hydrogen (secondary N) is 1. The Morgan fingerprint density at radius 3 is 2.64 bits per heavy atom. The summed E-state index contributed by atoms with van der Waals surface area (Å²) in [5.74, 6) is 1.59. The fourth-order valence-corrected chi connectivity index (χ4v) is 3.45. The van der Waals surface area contributed by atoms with Gasteiger partial charge in [0.25, 0.3) is 0 Å². The summed E-state index contributed by atoms with van der Waals surface area (Å²) >= 11 is 0. The van der Waals surface area contributed by atoms with Crippen molar-refractivity contribution >= 4 is 5.69 Å². The molecule has 3 aromatic rings. The highest BCUT2D eigenvalue weighted by Crippen LogP contribution is 2.42. The fraction of sp³-hybridized carbons (Fsp3) is 0.250. The van der Waals surface area contributed by atoms with E-state index in [1.165, 1.54) is 11.1 Å². The van der Waals surface area contributed by atoms with E-state index in [4.69, 9.17) is 14.6 Å². The van der Waals surface area contributed by atoms with Gasteiger partial charge in [-0.05, 0) is 43.7 Å². The van der Waals surface area contributed by atoms with Crippen molar-refractivity contribution in [3.63, 3.8) is 0 Å². The quantitative estimate of drug-likeness (QED) is 0.781. The summed E-state index contributed by atoms with van der Waals surface area (Å²) in [6, 6.07) is 14.3. The van der Waals surface area contributed by atoms with Gasteiger partial charge in [-0.3, -0.25) is 0 Å². The number of anilines is 1. The molecule has 0 saturated carbocycles. The van der Waals surface area contributed by atoms with Gasteiger partial charge in [0.15, 0.2) is 6.17 Å². The molecular formula is C20H21N3O2. The predicted octanol–water partition coefficient (Wildman–Crippen LogP) is 4.16. The van der Waals surface area contributed by atoms with Gasteiger partial charge in [-0.25, -0.2) is 4.68 Å². The Labute approximate surface area is 147 Å². The van der Waals surface area contributed by atoms with Gasteiger partial charge in [0.1, 0.15) is 11.5 Å². The van der Waals surface area contributed by atoms with Crippen LogP contribution in [0.1, 0.15) is 23.0 Å². The molecule has 0 radical (unpaired) electrons. The van der Waals surface area contributed by atoms with E-state index >= 15 is 0 Å². The van der Waals surface area contributed by atoms with Crippen LogP contribution in [0.4, 0.5) is 5.69 Å². The maximum absolute atomic E-state index is 5.60. The molecule has 25 heavy (non-hydrogen) atoms. The molecule has 0 amide bonds. The summed E-state index contributed by atoms with van der Waals surface area (Å²) in [4.78, 5) is 0. The van der Waals surface area contributed by atoms with E-state index in [1.54, 1.807) is 14.2 Å². The minimum Gasteiger partial charge on any atom is -0.497 e. The van der Waals surface area contributed by atoms with Crippen LogP contribution in [0.15, 0.2) is 42.5 Å². The lowest BCUT2D eigenvalue weighted by Crippen LogP contribution is -2.26. The first-order chi connectivity index (χ1) is 12.1. The number of methoxy groups -OCH3 is 2. The summed E-state index contributed by atoms with van der Waals surface area (Å²) in [6.45, 7) is 4.13. The predicted molar refractivity (Wildman–Crippen MR) is 98.4 cm³/mol. The normalized spacial score (nSPS) is 15.1. The van der Waals surface area contributed by atoms with Crippen LogP contribution in [0.3, 0.4) is 0 Å². The fourth-order valence-electron chi connectivity index (χ4n) is 3.45. The number of aryl methyl sites for hydroxylation is 2. The van der Waals surface area contributed by atoms with Crippen LogP contribution in [0.2, 0.25) is 0 Å². The molecule has 5 heteroatoms. The van der Waals surface area contributed by atoms with Crippen molar-refractivity contribution in [1.82, 2.24) is 9.78 Å². The zero-order valence-electron chi connectivity index (χ0n) is 14.8. The summed E-state index contributed by atoms with van der Waals surface area (Å²) in [5.41, 5.74) is 6.57. The Bertz CT molecular complexity index is 946. The molecule has 1 aliphatic rings. The van der Waals surface area contributed by atoms with Crippen molar-refractivity contribution in [3.8, 4) is 22.8 Å². The summed E-state index contributed by atoms with van der Waals surface area (Å²) in [7, 11) is 3.35. The molecule has 0 unspecified atom stereocenters. The third kappa shape index (κ3) is 2.43. The molecule has 0 bridgehead atoms. The third-order valence-electron chi connectivity index (χ3n) is 4.66. The van der Waals surface area contributed by atoms with Gasteiger partial charge < -0.3 is 14.8 Å². The van der Waals surface area contributed by atoms with Crippen LogP contribution in [-0.4, -0.2) is 24.0 Å². The number of fused-ring (bicyclic) bond motifs is 3. The molecule has 128 valence electrons. The Hall–Kier alpha value is -2.95. The highest BCUT2D eigenvalue weighted by molar-refractivity contribution is 5.81. The topological polar surface area (TPSA) is 48.3 Å². The number of nitrogens with zero attached hydrogens (tertiary/aromatic N) is 2. The molecule has 0 spiro atoms. The Kier molecular flexibility index (Phi) is 3.64. The van der Waals surface area contributed by atoms with E-state index in [-0.39, 0.29) is 6.17 Å². The largest absolute Gasteiger partial charge is 0.497 e. The van der Waals surface area contributed by atoms with Crippen molar-refractivity contribution in [3.05, 3.63) is 59.3 Å². The minimum absolute atomic E-state index is 0.164. The van der Waals surface area contributed by atoms with E-state index in [0.29, 0.717) is 0 Å².